The van der Waals surface area contributed by atoms with Gasteiger partial charge in [0.05, 0.1) is 31.3 Å². The molecule has 6 heteroatoms. The highest BCUT2D eigenvalue weighted by molar-refractivity contribution is 5.84. The molecular formula is C32H53NO5. The van der Waals surface area contributed by atoms with Crippen molar-refractivity contribution in [1.82, 2.24) is 5.32 Å². The van der Waals surface area contributed by atoms with E-state index in [4.69, 9.17) is 0 Å². The van der Waals surface area contributed by atoms with Gasteiger partial charge in [-0.15, -0.1) is 0 Å². The van der Waals surface area contributed by atoms with Crippen LogP contribution in [0, 0.1) is 56.7 Å². The lowest BCUT2D eigenvalue weighted by molar-refractivity contribution is -0.253. The number of carbonyl (C=O) groups is 1. The summed E-state index contributed by atoms with van der Waals surface area (Å²) in [6.45, 7) is 14.2. The fourth-order valence-corrected chi connectivity index (χ4v) is 11.9. The predicted molar refractivity (Wildman–Crippen MR) is 148 cm³/mol. The molecule has 5 saturated carbocycles. The molecular weight excluding hydrogens is 478 g/mol. The standard InChI is InChI=1S/C32H53NO5/c1-20(18-35)21-8-13-32(27(38)33-16-17-34)15-14-30(4)22(26(21)32)6-7-24-28(2)11-10-25(37)29(3,19-36)23(28)9-12-31(24,30)5/h21-26,34-37H,1,6-19H2,2-5H3,(H,33,38)/t21-,22?,23+,24+,25?,26+,28-,29-,30+,31+,32-/m0/s1. The lowest BCUT2D eigenvalue weighted by Crippen LogP contribution is -2.68. The Morgan fingerprint density at radius 1 is 0.868 bits per heavy atom. The molecule has 0 aromatic heterocycles. The van der Waals surface area contributed by atoms with Gasteiger partial charge in [0.1, 0.15) is 0 Å². The van der Waals surface area contributed by atoms with Crippen molar-refractivity contribution in [1.29, 1.82) is 0 Å². The molecule has 216 valence electrons. The highest BCUT2D eigenvalue weighted by atomic mass is 16.3. The first-order valence-electron chi connectivity index (χ1n) is 15.4. The van der Waals surface area contributed by atoms with Gasteiger partial charge in [-0.3, -0.25) is 4.79 Å². The Kier molecular flexibility index (Phi) is 7.19. The summed E-state index contributed by atoms with van der Waals surface area (Å²) >= 11 is 0. The SMILES string of the molecule is C=C(CO)[C@@H]1CC[C@]2(C(=O)NCCO)CC[C@]3(C)C(CC[C@@H]4[C@@]5(C)CCC(O)[C@@](C)(CO)[C@@H]5CC[C@]43C)[C@@H]12. The van der Waals surface area contributed by atoms with Gasteiger partial charge in [-0.2, -0.15) is 0 Å². The van der Waals surface area contributed by atoms with E-state index >= 15 is 0 Å². The smallest absolute Gasteiger partial charge is 0.226 e. The zero-order chi connectivity index (χ0) is 27.7. The Balaban J connectivity index is 1.54. The molecule has 5 N–H and O–H groups in total. The van der Waals surface area contributed by atoms with Crippen molar-refractivity contribution in [3.05, 3.63) is 12.2 Å². The van der Waals surface area contributed by atoms with E-state index in [9.17, 15) is 25.2 Å². The van der Waals surface area contributed by atoms with Crippen LogP contribution in [-0.4, -0.2) is 58.8 Å². The van der Waals surface area contributed by atoms with Crippen molar-refractivity contribution in [3.63, 3.8) is 0 Å². The summed E-state index contributed by atoms with van der Waals surface area (Å²) in [6.07, 6.45) is 9.24. The van der Waals surface area contributed by atoms with Gasteiger partial charge in [0.25, 0.3) is 0 Å². The number of nitrogens with one attached hydrogen (secondary N) is 1. The van der Waals surface area contributed by atoms with Crippen LogP contribution in [-0.2, 0) is 4.79 Å². The van der Waals surface area contributed by atoms with Crippen molar-refractivity contribution in [2.24, 2.45) is 56.7 Å². The number of carbonyl (C=O) groups excluding carboxylic acids is 1. The van der Waals surface area contributed by atoms with Crippen molar-refractivity contribution in [2.45, 2.75) is 98.0 Å². The number of amides is 1. The van der Waals surface area contributed by atoms with Crippen LogP contribution in [0.15, 0.2) is 12.2 Å². The first-order valence-corrected chi connectivity index (χ1v) is 15.4. The monoisotopic (exact) mass is 531 g/mol. The molecule has 11 atom stereocenters. The van der Waals surface area contributed by atoms with Crippen molar-refractivity contribution >= 4 is 5.91 Å². The second-order valence-corrected chi connectivity index (χ2v) is 15.0. The number of fused-ring (bicyclic) bond motifs is 7. The molecule has 5 fully saturated rings. The third kappa shape index (κ3) is 3.55. The highest BCUT2D eigenvalue weighted by Gasteiger charge is 2.72. The first kappa shape index (κ1) is 28.6. The summed E-state index contributed by atoms with van der Waals surface area (Å²) in [5.41, 5.74) is 0.235. The summed E-state index contributed by atoms with van der Waals surface area (Å²) in [5.74, 6) is 1.62. The van der Waals surface area contributed by atoms with E-state index in [1.807, 2.05) is 0 Å². The van der Waals surface area contributed by atoms with Gasteiger partial charge < -0.3 is 25.7 Å². The summed E-state index contributed by atoms with van der Waals surface area (Å²) in [6, 6.07) is 0. The van der Waals surface area contributed by atoms with Gasteiger partial charge in [0.2, 0.25) is 5.91 Å². The van der Waals surface area contributed by atoms with Gasteiger partial charge in [0, 0.05) is 12.0 Å². The fourth-order valence-electron chi connectivity index (χ4n) is 11.9. The van der Waals surface area contributed by atoms with Crippen molar-refractivity contribution in [3.8, 4) is 0 Å². The van der Waals surface area contributed by atoms with Crippen LogP contribution in [0.1, 0.15) is 91.9 Å². The fraction of sp³-hybridized carbons (Fsp3) is 0.906. The summed E-state index contributed by atoms with van der Waals surface area (Å²) in [5, 5.41) is 44.1. The van der Waals surface area contributed by atoms with Crippen LogP contribution in [0.2, 0.25) is 0 Å². The maximum atomic E-state index is 13.8. The molecule has 6 nitrogen and oxygen atoms in total. The molecule has 0 aliphatic heterocycles. The third-order valence-electron chi connectivity index (χ3n) is 14.1. The number of aliphatic hydroxyl groups is 4. The van der Waals surface area contributed by atoms with Crippen molar-refractivity contribution in [2.75, 3.05) is 26.4 Å². The largest absolute Gasteiger partial charge is 0.396 e. The molecule has 5 aliphatic rings. The molecule has 0 aromatic rings. The molecule has 0 heterocycles. The minimum Gasteiger partial charge on any atom is -0.396 e. The molecule has 2 unspecified atom stereocenters. The molecule has 5 rings (SSSR count). The third-order valence-corrected chi connectivity index (χ3v) is 14.1. The number of hydrogen-bond acceptors (Lipinski definition) is 5. The zero-order valence-electron chi connectivity index (χ0n) is 24.3. The molecule has 0 bridgehead atoms. The Morgan fingerprint density at radius 3 is 2.26 bits per heavy atom. The van der Waals surface area contributed by atoms with Crippen LogP contribution >= 0.6 is 0 Å². The lowest BCUT2D eigenvalue weighted by Gasteiger charge is -2.73. The molecule has 38 heavy (non-hydrogen) atoms. The topological polar surface area (TPSA) is 110 Å². The van der Waals surface area contributed by atoms with Crippen LogP contribution in [0.25, 0.3) is 0 Å². The predicted octanol–water partition coefficient (Wildman–Crippen LogP) is 4.06. The number of hydrogen-bond donors (Lipinski definition) is 5. The van der Waals surface area contributed by atoms with Crippen molar-refractivity contribution < 1.29 is 25.2 Å². The average molecular weight is 532 g/mol. The maximum absolute atomic E-state index is 13.8. The molecule has 0 spiro atoms. The second kappa shape index (κ2) is 9.56. The van der Waals surface area contributed by atoms with E-state index in [0.717, 1.165) is 69.8 Å². The lowest BCUT2D eigenvalue weighted by atomic mass is 9.32. The second-order valence-electron chi connectivity index (χ2n) is 15.0. The minimum absolute atomic E-state index is 0.0271. The van der Waals surface area contributed by atoms with Crippen LogP contribution in [0.4, 0.5) is 0 Å². The van der Waals surface area contributed by atoms with Gasteiger partial charge in [-0.05, 0) is 116 Å². The molecule has 0 aromatic carbocycles. The zero-order valence-corrected chi connectivity index (χ0v) is 24.3. The highest BCUT2D eigenvalue weighted by Crippen LogP contribution is 2.77. The van der Waals surface area contributed by atoms with Crippen LogP contribution < -0.4 is 5.32 Å². The van der Waals surface area contributed by atoms with Crippen LogP contribution in [0.5, 0.6) is 0 Å². The normalized spacial score (nSPS) is 51.8. The van der Waals surface area contributed by atoms with Gasteiger partial charge in [-0.25, -0.2) is 0 Å². The summed E-state index contributed by atoms with van der Waals surface area (Å²) < 4.78 is 0. The van der Waals surface area contributed by atoms with Gasteiger partial charge in [-0.1, -0.05) is 34.3 Å². The number of aliphatic hydroxyl groups excluding tert-OH is 4. The Hall–Kier alpha value is -0.950. The summed E-state index contributed by atoms with van der Waals surface area (Å²) in [4.78, 5) is 13.8. The van der Waals surface area contributed by atoms with E-state index < -0.39 is 16.9 Å². The molecule has 1 amide bonds. The van der Waals surface area contributed by atoms with E-state index in [0.29, 0.717) is 17.8 Å². The van der Waals surface area contributed by atoms with E-state index in [-0.39, 0.29) is 60.4 Å². The average Bonchev–Trinajstić information content (AvgIpc) is 3.30. The van der Waals surface area contributed by atoms with Crippen LogP contribution in [0.3, 0.4) is 0 Å². The molecule has 0 radical (unpaired) electrons. The molecule has 5 aliphatic carbocycles. The minimum atomic E-state index is -0.450. The van der Waals surface area contributed by atoms with Gasteiger partial charge >= 0.3 is 0 Å². The Labute approximate surface area is 229 Å². The van der Waals surface area contributed by atoms with E-state index in [1.54, 1.807) is 0 Å². The maximum Gasteiger partial charge on any atom is 0.226 e. The number of rotatable bonds is 6. The van der Waals surface area contributed by atoms with E-state index in [2.05, 4.69) is 39.6 Å². The first-order chi connectivity index (χ1) is 17.9. The molecule has 0 saturated heterocycles. The Bertz CT molecular complexity index is 954. The summed E-state index contributed by atoms with van der Waals surface area (Å²) in [7, 11) is 0. The quantitative estimate of drug-likeness (QED) is 0.332. The van der Waals surface area contributed by atoms with Gasteiger partial charge in [0.15, 0.2) is 0 Å². The Morgan fingerprint density at radius 2 is 1.61 bits per heavy atom. The van der Waals surface area contributed by atoms with E-state index in [1.165, 1.54) is 0 Å².